The van der Waals surface area contributed by atoms with E-state index in [1.54, 1.807) is 16.7 Å². The molecule has 1 aromatic heterocycles. The molecule has 2 saturated heterocycles. The van der Waals surface area contributed by atoms with Crippen LogP contribution in [0.5, 0.6) is 5.75 Å². The number of rotatable bonds is 11. The molecule has 4 aromatic rings. The van der Waals surface area contributed by atoms with E-state index >= 15 is 4.79 Å². The Morgan fingerprint density at radius 2 is 1.92 bits per heavy atom. The van der Waals surface area contributed by atoms with Crippen LogP contribution in [0.3, 0.4) is 0 Å². The van der Waals surface area contributed by atoms with E-state index in [2.05, 4.69) is 47.8 Å². The van der Waals surface area contributed by atoms with Crippen molar-refractivity contribution in [2.45, 2.75) is 63.2 Å². The first-order valence-electron chi connectivity index (χ1n) is 17.6. The summed E-state index contributed by atoms with van der Waals surface area (Å²) in [5.41, 5.74) is 2.85. The Balaban J connectivity index is 1.26. The largest absolute Gasteiger partial charge is 0.497 e. The average Bonchev–Trinajstić information content (AvgIpc) is 3.77. The van der Waals surface area contributed by atoms with Gasteiger partial charge in [0.15, 0.2) is 5.60 Å². The number of carbonyl (C=O) groups excluding carboxylic acids is 2. The number of aryl methyl sites for hydroxylation is 1. The van der Waals surface area contributed by atoms with Crippen LogP contribution >= 0.6 is 11.6 Å². The lowest BCUT2D eigenvalue weighted by atomic mass is 9.82. The lowest BCUT2D eigenvalue weighted by Crippen LogP contribution is -2.51. The minimum atomic E-state index is -2.35. The van der Waals surface area contributed by atoms with Crippen molar-refractivity contribution in [2.75, 3.05) is 43.2 Å². The highest BCUT2D eigenvalue weighted by Crippen LogP contribution is 2.60. The van der Waals surface area contributed by atoms with Gasteiger partial charge in [-0.15, -0.1) is 5.10 Å². The van der Waals surface area contributed by atoms with E-state index in [0.717, 1.165) is 40.5 Å². The molecule has 11 nitrogen and oxygen atoms in total. The average molecular weight is 729 g/mol. The van der Waals surface area contributed by atoms with Crippen LogP contribution in [-0.4, -0.2) is 79.4 Å². The highest BCUT2D eigenvalue weighted by Gasteiger charge is 2.66. The van der Waals surface area contributed by atoms with Crippen LogP contribution in [0, 0.1) is 5.92 Å². The van der Waals surface area contributed by atoms with Crippen molar-refractivity contribution in [1.82, 2.24) is 20.3 Å². The maximum Gasteiger partial charge on any atom is 0.264 e. The molecule has 13 heteroatoms. The summed E-state index contributed by atoms with van der Waals surface area (Å²) in [4.78, 5) is 31.5. The van der Waals surface area contributed by atoms with Crippen LogP contribution in [0.1, 0.15) is 30.2 Å². The Bertz CT molecular complexity index is 1920. The van der Waals surface area contributed by atoms with Gasteiger partial charge >= 0.3 is 0 Å². The molecule has 3 aliphatic rings. The molecule has 0 saturated carbocycles. The summed E-state index contributed by atoms with van der Waals surface area (Å²) in [6, 6.07) is 21.9. The summed E-state index contributed by atoms with van der Waals surface area (Å²) in [6.45, 7) is 9.39. The van der Waals surface area contributed by atoms with Gasteiger partial charge in [-0.05, 0) is 60.0 Å². The van der Waals surface area contributed by atoms with Crippen molar-refractivity contribution in [3.05, 3.63) is 94.8 Å². The summed E-state index contributed by atoms with van der Waals surface area (Å²) >= 11 is 6.70. The zero-order valence-corrected chi connectivity index (χ0v) is 31.3. The molecular weight excluding hydrogens is 684 g/mol. The van der Waals surface area contributed by atoms with Gasteiger partial charge in [0.05, 0.1) is 45.8 Å². The third-order valence-electron chi connectivity index (χ3n) is 11.0. The molecule has 0 aliphatic carbocycles. The number of aliphatic hydroxyl groups is 1. The van der Waals surface area contributed by atoms with E-state index in [0.29, 0.717) is 44.0 Å². The Morgan fingerprint density at radius 3 is 2.67 bits per heavy atom. The molecule has 2 N–H and O–H groups in total. The SMILES string of the molecule is COc1ccc([Si](C)(C)[C@@H]2[C@@H](CCn3cc(CCO)nn3)O[C@]3(C(=O)N(Cc4cccc(N5CCNCC5=O)c4)c4ccc(Cl)cc43)[C@H]2C)cc1. The first-order valence-corrected chi connectivity index (χ1v) is 21.1. The van der Waals surface area contributed by atoms with Gasteiger partial charge < -0.3 is 29.7 Å². The first kappa shape index (κ1) is 35.3. The number of halogens is 1. The highest BCUT2D eigenvalue weighted by molar-refractivity contribution is 6.91. The maximum absolute atomic E-state index is 15.2. The van der Waals surface area contributed by atoms with Crippen molar-refractivity contribution in [3.63, 3.8) is 0 Å². The fourth-order valence-corrected chi connectivity index (χ4v) is 12.8. The minimum Gasteiger partial charge on any atom is -0.497 e. The number of benzene rings is 3. The Hall–Kier alpha value is -4.07. The zero-order chi connectivity index (χ0) is 35.9. The molecule has 2 amide bonds. The monoisotopic (exact) mass is 728 g/mol. The zero-order valence-electron chi connectivity index (χ0n) is 29.5. The summed E-state index contributed by atoms with van der Waals surface area (Å²) in [5, 5.41) is 22.9. The van der Waals surface area contributed by atoms with Crippen LogP contribution < -0.4 is 25.0 Å². The van der Waals surface area contributed by atoms with E-state index in [4.69, 9.17) is 21.1 Å². The number of carbonyl (C=O) groups is 2. The third kappa shape index (κ3) is 6.37. The molecule has 2 fully saturated rings. The topological polar surface area (TPSA) is 122 Å². The van der Waals surface area contributed by atoms with Crippen LogP contribution in [0.4, 0.5) is 11.4 Å². The van der Waals surface area contributed by atoms with Crippen molar-refractivity contribution in [3.8, 4) is 5.75 Å². The Kier molecular flexibility index (Phi) is 9.81. The lowest BCUT2D eigenvalue weighted by molar-refractivity contribution is -0.146. The van der Waals surface area contributed by atoms with Crippen LogP contribution in [0.15, 0.2) is 72.9 Å². The van der Waals surface area contributed by atoms with Crippen molar-refractivity contribution in [1.29, 1.82) is 0 Å². The number of fused-ring (bicyclic) bond motifs is 2. The number of piperazine rings is 1. The molecule has 1 spiro atoms. The first-order chi connectivity index (χ1) is 24.6. The summed E-state index contributed by atoms with van der Waals surface area (Å²) in [5.74, 6) is 0.534. The van der Waals surface area contributed by atoms with E-state index < -0.39 is 13.7 Å². The Labute approximate surface area is 304 Å². The highest BCUT2D eigenvalue weighted by atomic mass is 35.5. The fraction of sp³-hybridized carbons (Fsp3) is 0.421. The molecule has 268 valence electrons. The van der Waals surface area contributed by atoms with Gasteiger partial charge in [-0.2, -0.15) is 0 Å². The van der Waals surface area contributed by atoms with Crippen LogP contribution in [0.25, 0.3) is 0 Å². The molecule has 4 atom stereocenters. The van der Waals surface area contributed by atoms with Crippen molar-refractivity contribution in [2.24, 2.45) is 5.92 Å². The summed E-state index contributed by atoms with van der Waals surface area (Å²) < 4.78 is 14.5. The number of anilines is 2. The number of methoxy groups -OCH3 is 1. The predicted octanol–water partition coefficient (Wildman–Crippen LogP) is 4.26. The smallest absolute Gasteiger partial charge is 0.264 e. The summed E-state index contributed by atoms with van der Waals surface area (Å²) in [6.07, 6.45) is 2.66. The van der Waals surface area contributed by atoms with Crippen molar-refractivity contribution < 1.29 is 24.2 Å². The lowest BCUT2D eigenvalue weighted by Gasteiger charge is -2.37. The van der Waals surface area contributed by atoms with E-state index in [1.807, 2.05) is 65.7 Å². The molecule has 7 rings (SSSR count). The molecule has 51 heavy (non-hydrogen) atoms. The van der Waals surface area contributed by atoms with Gasteiger partial charge in [-0.1, -0.05) is 66.3 Å². The second-order valence-corrected chi connectivity index (χ2v) is 19.5. The van der Waals surface area contributed by atoms with Crippen LogP contribution in [0.2, 0.25) is 23.7 Å². The van der Waals surface area contributed by atoms with E-state index in [9.17, 15) is 9.90 Å². The molecule has 0 radical (unpaired) electrons. The number of aromatic nitrogens is 3. The number of nitrogens with zero attached hydrogens (tertiary/aromatic N) is 5. The van der Waals surface area contributed by atoms with E-state index in [-0.39, 0.29) is 36.0 Å². The molecule has 3 aliphatic heterocycles. The second kappa shape index (κ2) is 14.2. The maximum atomic E-state index is 15.2. The number of amides is 2. The van der Waals surface area contributed by atoms with Crippen LogP contribution in [-0.2, 0) is 39.4 Å². The number of nitrogens with one attached hydrogen (secondary N) is 1. The third-order valence-corrected chi connectivity index (χ3v) is 15.6. The van der Waals surface area contributed by atoms with E-state index in [1.165, 1.54) is 5.19 Å². The van der Waals surface area contributed by atoms with Gasteiger partial charge in [0.1, 0.15) is 5.75 Å². The van der Waals surface area contributed by atoms with Gasteiger partial charge in [0.2, 0.25) is 5.91 Å². The Morgan fingerprint density at radius 1 is 1.12 bits per heavy atom. The number of aliphatic hydroxyl groups excluding tert-OH is 1. The van der Waals surface area contributed by atoms with Gasteiger partial charge in [-0.3, -0.25) is 14.3 Å². The quantitative estimate of drug-likeness (QED) is 0.220. The van der Waals surface area contributed by atoms with Gasteiger partial charge in [0.25, 0.3) is 5.91 Å². The fourth-order valence-electron chi connectivity index (χ4n) is 8.53. The van der Waals surface area contributed by atoms with Gasteiger partial charge in [0, 0.05) is 61.1 Å². The molecule has 3 aromatic carbocycles. The summed E-state index contributed by atoms with van der Waals surface area (Å²) in [7, 11) is -0.679. The molecular formula is C38H45ClN6O5Si. The minimum absolute atomic E-state index is 0.00687. The molecule has 0 bridgehead atoms. The number of ether oxygens (including phenoxy) is 2. The van der Waals surface area contributed by atoms with Gasteiger partial charge in [-0.25, -0.2) is 0 Å². The van der Waals surface area contributed by atoms with Crippen molar-refractivity contribution >= 4 is 48.1 Å². The second-order valence-electron chi connectivity index (χ2n) is 14.3. The normalized spacial score (nSPS) is 23.4. The molecule has 4 heterocycles. The number of hydrogen-bond donors (Lipinski definition) is 2. The molecule has 0 unspecified atom stereocenters. The number of hydrogen-bond acceptors (Lipinski definition) is 8. The predicted molar refractivity (Wildman–Crippen MR) is 199 cm³/mol. The standard InChI is InChI=1S/C38H45ClN6O5Si/c1-25-36(51(3,4)31-11-9-30(49-2)10-12-31)34(14-17-43-24-28(15-19-46)41-42-43)50-38(25)32-21-27(39)8-13-33(32)45(37(38)48)23-26-6-5-7-29(20-26)44-18-16-40-22-35(44)47/h5-13,20-21,24-25,34,36,40,46H,14-19,22-23H2,1-4H3/t25-,34+,36-,38+/m0/s1.